The molecule has 0 saturated carbocycles. The monoisotopic (exact) mass is 443 g/mol. The average molecular weight is 443 g/mol. The molecule has 3 N–H and O–H groups in total. The van der Waals surface area contributed by atoms with Gasteiger partial charge in [0.15, 0.2) is 0 Å². The number of amides is 3. The van der Waals surface area contributed by atoms with Crippen LogP contribution in [0.5, 0.6) is 0 Å². The summed E-state index contributed by atoms with van der Waals surface area (Å²) >= 11 is 0. The van der Waals surface area contributed by atoms with Gasteiger partial charge in [0.1, 0.15) is 17.5 Å². The molecule has 32 heavy (non-hydrogen) atoms. The molecule has 1 aliphatic heterocycles. The highest BCUT2D eigenvalue weighted by molar-refractivity contribution is 5.98. The maximum absolute atomic E-state index is 14.3. The second-order valence-corrected chi connectivity index (χ2v) is 7.85. The molecule has 166 valence electrons. The molecular weight excluding hydrogens is 423 g/mol. The molecule has 0 bridgehead atoms. The lowest BCUT2D eigenvalue weighted by Crippen LogP contribution is -2.40. The first-order valence-corrected chi connectivity index (χ1v) is 10.1. The minimum Gasteiger partial charge on any atom is -0.356 e. The van der Waals surface area contributed by atoms with Crippen molar-refractivity contribution in [1.82, 2.24) is 15.6 Å². The largest absolute Gasteiger partial charge is 0.356 e. The topological polar surface area (TPSA) is 91.1 Å². The molecule has 0 unspecified atom stereocenters. The standard InChI is InChI=1S/C23H20F3N3O3/c24-14-3-1-13(2-4-14)22-16(17-10-15(25)11-18(26)23(17)29-22)5-6-27-19(30)7-12-8-20(31)28-21(32)9-12/h1-4,10-12,29H,5-9H2,(H,27,30)(H,28,31,32). The van der Waals surface area contributed by atoms with Crippen LogP contribution in [-0.4, -0.2) is 29.3 Å². The number of aromatic amines is 1. The van der Waals surface area contributed by atoms with Crippen LogP contribution >= 0.6 is 0 Å². The summed E-state index contributed by atoms with van der Waals surface area (Å²) in [6.45, 7) is 0.172. The molecule has 1 fully saturated rings. The summed E-state index contributed by atoms with van der Waals surface area (Å²) in [6, 6.07) is 7.59. The smallest absolute Gasteiger partial charge is 0.226 e. The number of nitrogens with one attached hydrogen (secondary N) is 3. The summed E-state index contributed by atoms with van der Waals surface area (Å²) in [4.78, 5) is 38.2. The Morgan fingerprint density at radius 2 is 1.69 bits per heavy atom. The predicted octanol–water partition coefficient (Wildman–Crippen LogP) is 3.35. The number of aromatic nitrogens is 1. The van der Waals surface area contributed by atoms with E-state index in [9.17, 15) is 27.6 Å². The van der Waals surface area contributed by atoms with Crippen LogP contribution in [-0.2, 0) is 20.8 Å². The summed E-state index contributed by atoms with van der Waals surface area (Å²) in [7, 11) is 0. The van der Waals surface area contributed by atoms with Gasteiger partial charge in [0.05, 0.1) is 5.52 Å². The lowest BCUT2D eigenvalue weighted by Gasteiger charge is -2.20. The number of fused-ring (bicyclic) bond motifs is 1. The van der Waals surface area contributed by atoms with E-state index in [2.05, 4.69) is 15.6 Å². The summed E-state index contributed by atoms with van der Waals surface area (Å²) in [6.07, 6.45) is 0.496. The third-order valence-corrected chi connectivity index (χ3v) is 5.46. The first kappa shape index (κ1) is 21.6. The zero-order valence-electron chi connectivity index (χ0n) is 16.9. The summed E-state index contributed by atoms with van der Waals surface area (Å²) < 4.78 is 41.6. The first-order chi connectivity index (χ1) is 15.3. The zero-order chi connectivity index (χ0) is 22.8. The Hall–Kier alpha value is -3.62. The van der Waals surface area contributed by atoms with E-state index >= 15 is 0 Å². The second kappa shape index (κ2) is 8.86. The van der Waals surface area contributed by atoms with Crippen LogP contribution in [0.2, 0.25) is 0 Å². The third-order valence-electron chi connectivity index (χ3n) is 5.46. The van der Waals surface area contributed by atoms with Gasteiger partial charge in [0, 0.05) is 43.0 Å². The molecule has 3 amide bonds. The number of piperidine rings is 1. The maximum Gasteiger partial charge on any atom is 0.226 e. The Bertz CT molecular complexity index is 1190. The first-order valence-electron chi connectivity index (χ1n) is 10.1. The number of rotatable bonds is 6. The lowest BCUT2D eigenvalue weighted by molar-refractivity contribution is -0.135. The van der Waals surface area contributed by atoms with Crippen molar-refractivity contribution >= 4 is 28.6 Å². The molecule has 1 aliphatic rings. The molecule has 2 heterocycles. The van der Waals surface area contributed by atoms with Gasteiger partial charge in [-0.25, -0.2) is 13.2 Å². The molecule has 2 aromatic carbocycles. The Morgan fingerprint density at radius 3 is 2.38 bits per heavy atom. The summed E-state index contributed by atoms with van der Waals surface area (Å²) in [5.74, 6) is -3.38. The Labute approximate surface area is 181 Å². The van der Waals surface area contributed by atoms with E-state index in [-0.39, 0.29) is 49.6 Å². The number of imide groups is 1. The zero-order valence-corrected chi connectivity index (χ0v) is 16.9. The molecule has 1 aromatic heterocycles. The number of halogens is 3. The number of H-pyrrole nitrogens is 1. The van der Waals surface area contributed by atoms with Crippen LogP contribution in [0.1, 0.15) is 24.8 Å². The number of benzene rings is 2. The fraction of sp³-hybridized carbons (Fsp3) is 0.261. The summed E-state index contributed by atoms with van der Waals surface area (Å²) in [5.41, 5.74) is 1.81. The van der Waals surface area contributed by atoms with E-state index in [0.29, 0.717) is 22.2 Å². The molecule has 0 spiro atoms. The van der Waals surface area contributed by atoms with Crippen LogP contribution in [0.4, 0.5) is 13.2 Å². The van der Waals surface area contributed by atoms with E-state index in [0.717, 1.165) is 6.07 Å². The normalized spacial score (nSPS) is 14.6. The van der Waals surface area contributed by atoms with Crippen LogP contribution in [0.25, 0.3) is 22.2 Å². The average Bonchev–Trinajstić information content (AvgIpc) is 3.06. The molecule has 0 radical (unpaired) electrons. The van der Waals surface area contributed by atoms with E-state index < -0.39 is 29.3 Å². The number of carbonyl (C=O) groups excluding carboxylic acids is 3. The van der Waals surface area contributed by atoms with Crippen molar-refractivity contribution in [2.75, 3.05) is 6.54 Å². The van der Waals surface area contributed by atoms with E-state index in [4.69, 9.17) is 0 Å². The molecule has 0 aliphatic carbocycles. The van der Waals surface area contributed by atoms with Crippen molar-refractivity contribution in [2.24, 2.45) is 5.92 Å². The Kier molecular flexibility index (Phi) is 5.98. The van der Waals surface area contributed by atoms with Crippen molar-refractivity contribution in [3.8, 4) is 11.3 Å². The van der Waals surface area contributed by atoms with Gasteiger partial charge in [-0.3, -0.25) is 19.7 Å². The van der Waals surface area contributed by atoms with Gasteiger partial charge >= 0.3 is 0 Å². The minimum atomic E-state index is -0.751. The van der Waals surface area contributed by atoms with E-state index in [1.807, 2.05) is 0 Å². The van der Waals surface area contributed by atoms with Gasteiger partial charge in [-0.15, -0.1) is 0 Å². The number of hydrogen-bond acceptors (Lipinski definition) is 3. The van der Waals surface area contributed by atoms with Crippen LogP contribution in [0.3, 0.4) is 0 Å². The maximum atomic E-state index is 14.3. The quantitative estimate of drug-likeness (QED) is 0.511. The van der Waals surface area contributed by atoms with Crippen LogP contribution in [0, 0.1) is 23.4 Å². The fourth-order valence-corrected chi connectivity index (χ4v) is 4.06. The van der Waals surface area contributed by atoms with Gasteiger partial charge in [-0.2, -0.15) is 0 Å². The molecule has 3 aromatic rings. The molecule has 1 saturated heterocycles. The minimum absolute atomic E-state index is 0.0289. The molecule has 6 nitrogen and oxygen atoms in total. The van der Waals surface area contributed by atoms with Crippen molar-refractivity contribution in [2.45, 2.75) is 25.7 Å². The SMILES string of the molecule is O=C(CC1CC(=O)NC(=O)C1)NCCc1c(-c2ccc(F)cc2)[nH]c2c(F)cc(F)cc12. The molecule has 4 rings (SSSR count). The van der Waals surface area contributed by atoms with E-state index in [1.54, 1.807) is 0 Å². The van der Waals surface area contributed by atoms with Crippen molar-refractivity contribution in [3.05, 3.63) is 59.4 Å². The van der Waals surface area contributed by atoms with Crippen LogP contribution in [0.15, 0.2) is 36.4 Å². The number of hydrogen-bond donors (Lipinski definition) is 3. The van der Waals surface area contributed by atoms with E-state index in [1.165, 1.54) is 30.3 Å². The third kappa shape index (κ3) is 4.66. The molecule has 0 atom stereocenters. The highest BCUT2D eigenvalue weighted by atomic mass is 19.1. The van der Waals surface area contributed by atoms with Gasteiger partial charge in [-0.1, -0.05) is 0 Å². The van der Waals surface area contributed by atoms with Gasteiger partial charge in [-0.05, 0) is 53.8 Å². The van der Waals surface area contributed by atoms with Gasteiger partial charge in [0.2, 0.25) is 17.7 Å². The lowest BCUT2D eigenvalue weighted by atomic mass is 9.93. The fourth-order valence-electron chi connectivity index (χ4n) is 4.06. The number of carbonyl (C=O) groups is 3. The van der Waals surface area contributed by atoms with Crippen molar-refractivity contribution < 1.29 is 27.6 Å². The highest BCUT2D eigenvalue weighted by Crippen LogP contribution is 2.32. The molecular formula is C23H20F3N3O3. The van der Waals surface area contributed by atoms with Crippen molar-refractivity contribution in [3.63, 3.8) is 0 Å². The molecule has 9 heteroatoms. The second-order valence-electron chi connectivity index (χ2n) is 7.85. The summed E-state index contributed by atoms with van der Waals surface area (Å²) in [5, 5.41) is 5.27. The van der Waals surface area contributed by atoms with Gasteiger partial charge in [0.25, 0.3) is 0 Å². The predicted molar refractivity (Wildman–Crippen MR) is 111 cm³/mol. The highest BCUT2D eigenvalue weighted by Gasteiger charge is 2.26. The van der Waals surface area contributed by atoms with Crippen LogP contribution < -0.4 is 10.6 Å². The Morgan fingerprint density at radius 1 is 1.00 bits per heavy atom. The Balaban J connectivity index is 1.52. The van der Waals surface area contributed by atoms with Gasteiger partial charge < -0.3 is 10.3 Å². The van der Waals surface area contributed by atoms with Crippen molar-refractivity contribution in [1.29, 1.82) is 0 Å².